The molecule has 4 aromatic rings. The van der Waals surface area contributed by atoms with Crippen LogP contribution >= 0.6 is 0 Å². The van der Waals surface area contributed by atoms with Crippen LogP contribution < -0.4 is 9.47 Å². The normalized spacial score (nSPS) is 14.0. The fourth-order valence-corrected chi connectivity index (χ4v) is 6.12. The second-order valence-electron chi connectivity index (χ2n) is 12.1. The molecule has 0 N–H and O–H groups in total. The van der Waals surface area contributed by atoms with Crippen LogP contribution in [0, 0.1) is 23.3 Å². The molecule has 0 amide bonds. The fraction of sp³-hybridized carbons (Fsp3) is 0.282. The van der Waals surface area contributed by atoms with Crippen LogP contribution in [0.15, 0.2) is 60.7 Å². The summed E-state index contributed by atoms with van der Waals surface area (Å²) in [5.41, 5.74) is 6.59. The van der Waals surface area contributed by atoms with Crippen molar-refractivity contribution in [2.45, 2.75) is 71.5 Å². The average molecular weight is 723 g/mol. The molecule has 2 nitrogen and oxygen atoms in total. The summed E-state index contributed by atoms with van der Waals surface area (Å²) in [6.45, 7) is 4.13. The summed E-state index contributed by atoms with van der Waals surface area (Å²) in [4.78, 5) is 0. The molecule has 51 heavy (non-hydrogen) atoms. The molecule has 2 aliphatic rings. The van der Waals surface area contributed by atoms with Crippen LogP contribution in [-0.4, -0.2) is 12.7 Å². The van der Waals surface area contributed by atoms with E-state index >= 15 is 0 Å². The van der Waals surface area contributed by atoms with Crippen molar-refractivity contribution in [3.05, 3.63) is 128 Å². The first-order chi connectivity index (χ1) is 24.1. The van der Waals surface area contributed by atoms with Gasteiger partial charge in [-0.1, -0.05) is 81.0 Å². The van der Waals surface area contributed by atoms with Crippen molar-refractivity contribution >= 4 is 23.3 Å². The molecular weight excluding hydrogens is 690 g/mol. The van der Waals surface area contributed by atoms with Gasteiger partial charge in [0.05, 0.1) is 0 Å². The van der Waals surface area contributed by atoms with Crippen LogP contribution in [0.5, 0.6) is 11.5 Å². The summed E-state index contributed by atoms with van der Waals surface area (Å²) in [6.07, 6.45) is -2.88. The molecule has 0 spiro atoms. The van der Waals surface area contributed by atoms with E-state index in [9.17, 15) is 43.9 Å². The van der Waals surface area contributed by atoms with Crippen LogP contribution in [0.3, 0.4) is 0 Å². The van der Waals surface area contributed by atoms with Gasteiger partial charge in [0, 0.05) is 0 Å². The van der Waals surface area contributed by atoms with Gasteiger partial charge < -0.3 is 9.47 Å². The zero-order chi connectivity index (χ0) is 37.1. The Morgan fingerprint density at radius 2 is 0.941 bits per heavy atom. The van der Waals surface area contributed by atoms with E-state index in [2.05, 4.69) is 16.4 Å². The Hall–Kier alpha value is -4.74. The molecule has 6 rings (SSSR count). The fourth-order valence-electron chi connectivity index (χ4n) is 6.12. The Labute approximate surface area is 288 Å². The van der Waals surface area contributed by atoms with Crippen molar-refractivity contribution in [2.75, 3.05) is 0 Å². The van der Waals surface area contributed by atoms with Gasteiger partial charge in [-0.2, -0.15) is 0 Å². The maximum atomic E-state index is 14.3. The molecule has 0 radical (unpaired) electrons. The smallest absolute Gasteiger partial charge is 0.399 e. The van der Waals surface area contributed by atoms with Gasteiger partial charge in [-0.3, -0.25) is 0 Å². The van der Waals surface area contributed by atoms with E-state index in [1.165, 1.54) is 11.1 Å². The van der Waals surface area contributed by atoms with Gasteiger partial charge in [-0.25, -0.2) is 17.6 Å². The quantitative estimate of drug-likeness (QED) is 0.177. The van der Waals surface area contributed by atoms with E-state index in [-0.39, 0.29) is 35.1 Å². The van der Waals surface area contributed by atoms with Crippen LogP contribution in [0.25, 0.3) is 23.3 Å². The van der Waals surface area contributed by atoms with Crippen molar-refractivity contribution < 1.29 is 53.4 Å². The summed E-state index contributed by atoms with van der Waals surface area (Å²) >= 11 is 0. The van der Waals surface area contributed by atoms with Gasteiger partial charge in [-0.15, -0.1) is 26.3 Å². The molecule has 0 aromatic heterocycles. The predicted octanol–water partition coefficient (Wildman–Crippen LogP) is 12.2. The van der Waals surface area contributed by atoms with E-state index in [1.54, 1.807) is 12.2 Å². The highest BCUT2D eigenvalue weighted by atomic mass is 19.4. The molecule has 0 saturated carbocycles. The SMILES string of the molecule is CCCc1ccc(C2=Cc3cc(F)c(OC(F)(F)F)c(F)c3CC2)cc1.CCc1ccc(C2=Cc3cc(F)c(OC(F)(F)F)c(F)c3CC2)cc1. The lowest BCUT2D eigenvalue weighted by Gasteiger charge is -2.20. The predicted molar refractivity (Wildman–Crippen MR) is 175 cm³/mol. The number of alkyl halides is 6. The lowest BCUT2D eigenvalue weighted by molar-refractivity contribution is -0.277. The lowest BCUT2D eigenvalue weighted by Crippen LogP contribution is -2.20. The average Bonchev–Trinajstić information content (AvgIpc) is 3.08. The molecule has 0 unspecified atom stereocenters. The van der Waals surface area contributed by atoms with E-state index < -0.39 is 47.5 Å². The van der Waals surface area contributed by atoms with E-state index in [1.807, 2.05) is 55.5 Å². The zero-order valence-electron chi connectivity index (χ0n) is 27.5. The molecule has 0 bridgehead atoms. The number of ether oxygens (including phenoxy) is 2. The summed E-state index contributed by atoms with van der Waals surface area (Å²) < 4.78 is 137. The van der Waals surface area contributed by atoms with Crippen molar-refractivity contribution in [3.8, 4) is 11.5 Å². The zero-order valence-corrected chi connectivity index (χ0v) is 27.5. The summed E-state index contributed by atoms with van der Waals surface area (Å²) in [5.74, 6) is -8.09. The van der Waals surface area contributed by atoms with Gasteiger partial charge in [0.1, 0.15) is 0 Å². The minimum absolute atomic E-state index is 0.0366. The monoisotopic (exact) mass is 722 g/mol. The van der Waals surface area contributed by atoms with Crippen LogP contribution in [0.2, 0.25) is 0 Å². The molecule has 0 aliphatic heterocycles. The van der Waals surface area contributed by atoms with Crippen LogP contribution in [0.4, 0.5) is 43.9 Å². The Morgan fingerprint density at radius 3 is 1.29 bits per heavy atom. The van der Waals surface area contributed by atoms with Gasteiger partial charge in [0.2, 0.25) is 11.5 Å². The van der Waals surface area contributed by atoms with E-state index in [4.69, 9.17) is 0 Å². The van der Waals surface area contributed by atoms with Crippen molar-refractivity contribution in [1.29, 1.82) is 0 Å². The third-order valence-corrected chi connectivity index (χ3v) is 8.60. The molecule has 0 fully saturated rings. The molecule has 12 heteroatoms. The molecule has 0 atom stereocenters. The van der Waals surface area contributed by atoms with E-state index in [0.29, 0.717) is 12.8 Å². The highest BCUT2D eigenvalue weighted by Gasteiger charge is 2.36. The molecule has 0 saturated heterocycles. The Bertz CT molecular complexity index is 1940. The van der Waals surface area contributed by atoms with Crippen LogP contribution in [0.1, 0.15) is 77.6 Å². The van der Waals surface area contributed by atoms with E-state index in [0.717, 1.165) is 53.7 Å². The molecule has 270 valence electrons. The number of benzene rings is 4. The number of rotatable bonds is 7. The highest BCUT2D eigenvalue weighted by Crippen LogP contribution is 2.40. The second-order valence-corrected chi connectivity index (χ2v) is 12.1. The standard InChI is InChI=1S/C20H17F5O.C19H15F5O/c1-2-3-12-4-6-13(7-5-12)14-8-9-16-15(10-14)11-17(21)19(18(16)22)26-20(23,24)25;1-2-11-3-5-12(6-4-11)13-7-8-15-14(9-13)10-16(20)18(17(15)21)25-19(22,23)24/h4-7,10-11H,2-3,8-9H2,1H3;3-6,9-10H,2,7-8H2,1H3. The second kappa shape index (κ2) is 15.2. The van der Waals surface area contributed by atoms with Crippen molar-refractivity contribution in [2.24, 2.45) is 0 Å². The molecule has 4 aromatic carbocycles. The summed E-state index contributed by atoms with van der Waals surface area (Å²) in [5, 5.41) is 0. The highest BCUT2D eigenvalue weighted by molar-refractivity contribution is 5.85. The number of hydrogen-bond acceptors (Lipinski definition) is 2. The topological polar surface area (TPSA) is 18.5 Å². The van der Waals surface area contributed by atoms with Gasteiger partial charge >= 0.3 is 12.7 Å². The maximum Gasteiger partial charge on any atom is 0.573 e. The van der Waals surface area contributed by atoms with Gasteiger partial charge in [0.15, 0.2) is 23.3 Å². The largest absolute Gasteiger partial charge is 0.573 e. The minimum atomic E-state index is -5.15. The molecule has 2 aliphatic carbocycles. The first kappa shape index (κ1) is 37.5. The number of allylic oxidation sites excluding steroid dienone is 2. The summed E-state index contributed by atoms with van der Waals surface area (Å²) in [7, 11) is 0. The molecular formula is C39H32F10O2. The number of aryl methyl sites for hydroxylation is 2. The van der Waals surface area contributed by atoms with Gasteiger partial charge in [-0.05, 0) is 106 Å². The Morgan fingerprint density at radius 1 is 0.549 bits per heavy atom. The van der Waals surface area contributed by atoms with Crippen molar-refractivity contribution in [3.63, 3.8) is 0 Å². The Balaban J connectivity index is 0.000000198. The van der Waals surface area contributed by atoms with Gasteiger partial charge in [0.25, 0.3) is 0 Å². The third-order valence-electron chi connectivity index (χ3n) is 8.60. The molecule has 0 heterocycles. The number of hydrogen-bond donors (Lipinski definition) is 0. The first-order valence-corrected chi connectivity index (χ1v) is 16.2. The number of halogens is 10. The summed E-state index contributed by atoms with van der Waals surface area (Å²) in [6, 6.07) is 17.5. The maximum absolute atomic E-state index is 14.3. The number of fused-ring (bicyclic) bond motifs is 2. The minimum Gasteiger partial charge on any atom is -0.399 e. The third kappa shape index (κ3) is 9.14. The van der Waals surface area contributed by atoms with Crippen molar-refractivity contribution in [1.82, 2.24) is 0 Å². The lowest BCUT2D eigenvalue weighted by atomic mass is 9.87. The Kier molecular flexibility index (Phi) is 11.2. The first-order valence-electron chi connectivity index (χ1n) is 16.2. The van der Waals surface area contributed by atoms with Crippen LogP contribution in [-0.2, 0) is 25.7 Å².